The molecule has 166 valence electrons. The maximum absolute atomic E-state index is 12.8. The van der Waals surface area contributed by atoms with Crippen LogP contribution in [0, 0.1) is 6.92 Å². The third kappa shape index (κ3) is 5.59. The molecule has 1 N–H and O–H groups in total. The number of ether oxygens (including phenoxy) is 3. The quantitative estimate of drug-likeness (QED) is 0.585. The maximum atomic E-state index is 12.8. The van der Waals surface area contributed by atoms with Gasteiger partial charge in [-0.05, 0) is 54.4 Å². The number of urea groups is 1. The Morgan fingerprint density at radius 3 is 2.47 bits per heavy atom. The highest BCUT2D eigenvalue weighted by molar-refractivity contribution is 5.89. The summed E-state index contributed by atoms with van der Waals surface area (Å²) in [6.45, 7) is 4.57. The molecule has 0 bridgehead atoms. The van der Waals surface area contributed by atoms with E-state index < -0.39 is 0 Å². The van der Waals surface area contributed by atoms with Crippen LogP contribution in [0.1, 0.15) is 22.3 Å². The lowest BCUT2D eigenvalue weighted by atomic mass is 10.1. The number of hydrogen-bond acceptors (Lipinski definition) is 4. The van der Waals surface area contributed by atoms with Crippen LogP contribution in [0.4, 0.5) is 10.5 Å². The number of carbonyl (C=O) groups excluding carboxylic acids is 1. The summed E-state index contributed by atoms with van der Waals surface area (Å²) in [7, 11) is 1.62. The molecule has 6 heteroatoms. The molecule has 0 radical (unpaired) electrons. The van der Waals surface area contributed by atoms with Gasteiger partial charge in [-0.1, -0.05) is 35.9 Å². The van der Waals surface area contributed by atoms with Crippen molar-refractivity contribution in [3.8, 4) is 11.5 Å². The van der Waals surface area contributed by atoms with Gasteiger partial charge in [-0.3, -0.25) is 0 Å². The minimum atomic E-state index is -0.160. The standard InChI is InChI=1S/C26H28N2O4/c1-19-3-5-20(6-4-19)17-31-18-21-7-12-25-22(15-21)16-28(13-14-32-25)26(29)27-23-8-10-24(30-2)11-9-23/h3-12,15H,13-14,16-18H2,1-2H3,(H,27,29). The zero-order chi connectivity index (χ0) is 22.3. The highest BCUT2D eigenvalue weighted by atomic mass is 16.5. The molecule has 3 aromatic carbocycles. The summed E-state index contributed by atoms with van der Waals surface area (Å²) in [5.74, 6) is 1.56. The number of benzene rings is 3. The van der Waals surface area contributed by atoms with Crippen molar-refractivity contribution in [1.82, 2.24) is 4.90 Å². The first-order chi connectivity index (χ1) is 15.6. The molecule has 2 amide bonds. The lowest BCUT2D eigenvalue weighted by Crippen LogP contribution is -2.36. The van der Waals surface area contributed by atoms with Crippen molar-refractivity contribution < 1.29 is 19.0 Å². The van der Waals surface area contributed by atoms with Crippen LogP contribution in [0.25, 0.3) is 0 Å². The lowest BCUT2D eigenvalue weighted by Gasteiger charge is -2.20. The Balaban J connectivity index is 1.37. The van der Waals surface area contributed by atoms with Crippen molar-refractivity contribution in [1.29, 1.82) is 0 Å². The summed E-state index contributed by atoms with van der Waals surface area (Å²) in [6, 6.07) is 21.5. The molecule has 0 fully saturated rings. The minimum absolute atomic E-state index is 0.160. The van der Waals surface area contributed by atoms with Crippen LogP contribution in [-0.4, -0.2) is 31.2 Å². The van der Waals surface area contributed by atoms with Crippen LogP contribution in [0.15, 0.2) is 66.7 Å². The summed E-state index contributed by atoms with van der Waals surface area (Å²) in [5.41, 5.74) is 5.13. The van der Waals surface area contributed by atoms with Gasteiger partial charge in [0, 0.05) is 11.3 Å². The highest BCUT2D eigenvalue weighted by Crippen LogP contribution is 2.25. The third-order valence-electron chi connectivity index (χ3n) is 5.39. The van der Waals surface area contributed by atoms with E-state index in [9.17, 15) is 4.79 Å². The van der Waals surface area contributed by atoms with Gasteiger partial charge in [-0.25, -0.2) is 4.79 Å². The minimum Gasteiger partial charge on any atom is -0.497 e. The van der Waals surface area contributed by atoms with Crippen LogP contribution in [-0.2, 0) is 24.5 Å². The number of nitrogens with one attached hydrogen (secondary N) is 1. The molecule has 6 nitrogen and oxygen atoms in total. The summed E-state index contributed by atoms with van der Waals surface area (Å²) < 4.78 is 16.9. The van der Waals surface area contributed by atoms with E-state index in [1.807, 2.05) is 36.4 Å². The van der Waals surface area contributed by atoms with Gasteiger partial charge in [0.25, 0.3) is 0 Å². The Morgan fingerprint density at radius 1 is 1.00 bits per heavy atom. The molecule has 0 aliphatic carbocycles. The molecule has 0 atom stereocenters. The van der Waals surface area contributed by atoms with Crippen molar-refractivity contribution in [2.24, 2.45) is 0 Å². The van der Waals surface area contributed by atoms with Crippen LogP contribution in [0.3, 0.4) is 0 Å². The van der Waals surface area contributed by atoms with Crippen LogP contribution in [0.2, 0.25) is 0 Å². The monoisotopic (exact) mass is 432 g/mol. The fourth-order valence-corrected chi connectivity index (χ4v) is 3.56. The molecular formula is C26H28N2O4. The summed E-state index contributed by atoms with van der Waals surface area (Å²) in [5, 5.41) is 2.94. The molecule has 0 saturated heterocycles. The average molecular weight is 433 g/mol. The van der Waals surface area contributed by atoms with Crippen molar-refractivity contribution in [2.45, 2.75) is 26.7 Å². The van der Waals surface area contributed by atoms with Gasteiger partial charge in [0.05, 0.1) is 33.4 Å². The first-order valence-corrected chi connectivity index (χ1v) is 10.7. The van der Waals surface area contributed by atoms with Gasteiger partial charge >= 0.3 is 6.03 Å². The highest BCUT2D eigenvalue weighted by Gasteiger charge is 2.20. The number of methoxy groups -OCH3 is 1. The lowest BCUT2D eigenvalue weighted by molar-refractivity contribution is 0.107. The summed E-state index contributed by atoms with van der Waals surface area (Å²) >= 11 is 0. The van der Waals surface area contributed by atoms with Crippen molar-refractivity contribution in [3.05, 3.63) is 89.0 Å². The topological polar surface area (TPSA) is 60.0 Å². The average Bonchev–Trinajstić information content (AvgIpc) is 3.03. The smallest absolute Gasteiger partial charge is 0.322 e. The van der Waals surface area contributed by atoms with E-state index in [0.717, 1.165) is 33.9 Å². The summed E-state index contributed by atoms with van der Waals surface area (Å²) in [4.78, 5) is 14.6. The fraction of sp³-hybridized carbons (Fsp3) is 0.269. The van der Waals surface area contributed by atoms with Gasteiger partial charge in [0.1, 0.15) is 18.1 Å². The fourth-order valence-electron chi connectivity index (χ4n) is 3.56. The van der Waals surface area contributed by atoms with E-state index in [1.54, 1.807) is 12.0 Å². The molecule has 32 heavy (non-hydrogen) atoms. The zero-order valence-electron chi connectivity index (χ0n) is 18.5. The number of carbonyl (C=O) groups is 1. The number of anilines is 1. The summed E-state index contributed by atoms with van der Waals surface area (Å²) in [6.07, 6.45) is 0. The Morgan fingerprint density at radius 2 is 1.72 bits per heavy atom. The Kier molecular flexibility index (Phi) is 6.92. The number of rotatable bonds is 6. The second kappa shape index (κ2) is 10.2. The molecule has 0 saturated carbocycles. The predicted molar refractivity (Wildman–Crippen MR) is 124 cm³/mol. The van der Waals surface area contributed by atoms with E-state index >= 15 is 0 Å². The Bertz CT molecular complexity index is 1050. The number of nitrogens with zero attached hydrogens (tertiary/aromatic N) is 1. The van der Waals surface area contributed by atoms with E-state index in [0.29, 0.717) is 32.9 Å². The first-order valence-electron chi connectivity index (χ1n) is 10.7. The molecule has 4 rings (SSSR count). The first kappa shape index (κ1) is 21.7. The Hall–Kier alpha value is -3.51. The van der Waals surface area contributed by atoms with Crippen LogP contribution in [0.5, 0.6) is 11.5 Å². The molecule has 1 aliphatic heterocycles. The van der Waals surface area contributed by atoms with Gasteiger partial charge in [-0.15, -0.1) is 0 Å². The number of fused-ring (bicyclic) bond motifs is 1. The van der Waals surface area contributed by atoms with Crippen LogP contribution < -0.4 is 14.8 Å². The predicted octanol–water partition coefficient (Wildman–Crippen LogP) is 5.15. The molecule has 0 spiro atoms. The normalized spacial score (nSPS) is 13.0. The SMILES string of the molecule is COc1ccc(NC(=O)N2CCOc3ccc(COCc4ccc(C)cc4)cc3C2)cc1. The van der Waals surface area contributed by atoms with Crippen molar-refractivity contribution >= 4 is 11.7 Å². The molecular weight excluding hydrogens is 404 g/mol. The third-order valence-corrected chi connectivity index (χ3v) is 5.39. The van der Waals surface area contributed by atoms with Gasteiger partial charge in [0.2, 0.25) is 0 Å². The molecule has 0 unspecified atom stereocenters. The number of aryl methyl sites for hydroxylation is 1. The van der Waals surface area contributed by atoms with Gasteiger partial charge < -0.3 is 24.4 Å². The van der Waals surface area contributed by atoms with Crippen molar-refractivity contribution in [2.75, 3.05) is 25.6 Å². The van der Waals surface area contributed by atoms with E-state index in [4.69, 9.17) is 14.2 Å². The molecule has 1 heterocycles. The van der Waals surface area contributed by atoms with E-state index in [-0.39, 0.29) is 6.03 Å². The Labute approximate surface area is 188 Å². The molecule has 3 aromatic rings. The van der Waals surface area contributed by atoms with Gasteiger partial charge in [0.15, 0.2) is 0 Å². The number of amides is 2. The zero-order valence-corrected chi connectivity index (χ0v) is 18.5. The maximum Gasteiger partial charge on any atom is 0.322 e. The molecule has 0 aromatic heterocycles. The second-order valence-corrected chi connectivity index (χ2v) is 7.85. The van der Waals surface area contributed by atoms with E-state index in [2.05, 4.69) is 42.6 Å². The van der Waals surface area contributed by atoms with Gasteiger partial charge in [-0.2, -0.15) is 0 Å². The second-order valence-electron chi connectivity index (χ2n) is 7.85. The van der Waals surface area contributed by atoms with Crippen molar-refractivity contribution in [3.63, 3.8) is 0 Å². The number of hydrogen-bond donors (Lipinski definition) is 1. The largest absolute Gasteiger partial charge is 0.497 e. The molecule has 1 aliphatic rings. The van der Waals surface area contributed by atoms with Crippen LogP contribution >= 0.6 is 0 Å². The van der Waals surface area contributed by atoms with E-state index in [1.165, 1.54) is 5.56 Å².